The molecule has 0 aromatic heterocycles. The second-order valence-electron chi connectivity index (χ2n) is 4.36. The number of hydrogen-bond acceptors (Lipinski definition) is 4. The molecule has 2 aromatic carbocycles. The number of nitrogens with one attached hydrogen (secondary N) is 1. The smallest absolute Gasteiger partial charge is 0.119 e. The highest BCUT2D eigenvalue weighted by atomic mass is 35.5. The van der Waals surface area contributed by atoms with Gasteiger partial charge >= 0.3 is 0 Å². The predicted octanol–water partition coefficient (Wildman–Crippen LogP) is 5.02. The molecule has 0 spiro atoms. The van der Waals surface area contributed by atoms with Gasteiger partial charge in [0.2, 0.25) is 0 Å². The van der Waals surface area contributed by atoms with Crippen molar-refractivity contribution in [2.24, 2.45) is 4.99 Å². The second kappa shape index (κ2) is 9.77. The average Bonchev–Trinajstić information content (AvgIpc) is 2.59. The van der Waals surface area contributed by atoms with Gasteiger partial charge in [0.05, 0.1) is 24.9 Å². The lowest BCUT2D eigenvalue weighted by Gasteiger charge is -2.03. The van der Waals surface area contributed by atoms with Crippen molar-refractivity contribution in [2.75, 3.05) is 19.5 Å². The summed E-state index contributed by atoms with van der Waals surface area (Å²) in [6.07, 6.45) is 3.26. The highest BCUT2D eigenvalue weighted by molar-refractivity contribution is 6.39. The highest BCUT2D eigenvalue weighted by Gasteiger charge is 1.94. The average molecular weight is 353 g/mol. The molecule has 0 atom stereocenters. The molecule has 0 heterocycles. The lowest BCUT2D eigenvalue weighted by Crippen LogP contribution is -1.90. The molecule has 4 nitrogen and oxygen atoms in total. The van der Waals surface area contributed by atoms with Crippen LogP contribution in [-0.4, -0.2) is 20.4 Å². The number of aliphatic imine (C=N–C) groups is 1. The first-order chi connectivity index (χ1) is 10.7. The third kappa shape index (κ3) is 6.22. The van der Waals surface area contributed by atoms with Gasteiger partial charge in [-0.15, -0.1) is 12.4 Å². The Bertz CT molecular complexity index is 653. The van der Waals surface area contributed by atoms with Crippen molar-refractivity contribution in [3.05, 3.63) is 59.8 Å². The number of halogens is 2. The van der Waals surface area contributed by atoms with Gasteiger partial charge in [0.15, 0.2) is 0 Å². The van der Waals surface area contributed by atoms with Gasteiger partial charge in [-0.1, -0.05) is 11.6 Å². The molecule has 0 aliphatic heterocycles. The van der Waals surface area contributed by atoms with E-state index < -0.39 is 0 Å². The summed E-state index contributed by atoms with van der Waals surface area (Å²) in [6.45, 7) is 0. The minimum absolute atomic E-state index is 0. The van der Waals surface area contributed by atoms with Crippen LogP contribution in [-0.2, 0) is 0 Å². The maximum atomic E-state index is 6.10. The number of allylic oxidation sites excluding steroid dienone is 1. The summed E-state index contributed by atoms with van der Waals surface area (Å²) in [5, 5.41) is 3.58. The van der Waals surface area contributed by atoms with Crippen LogP contribution in [0.5, 0.6) is 11.5 Å². The number of anilines is 1. The minimum Gasteiger partial charge on any atom is -0.497 e. The van der Waals surface area contributed by atoms with E-state index in [1.54, 1.807) is 26.6 Å². The van der Waals surface area contributed by atoms with Crippen molar-refractivity contribution in [1.82, 2.24) is 0 Å². The van der Waals surface area contributed by atoms with Gasteiger partial charge in [-0.05, 0) is 48.5 Å². The van der Waals surface area contributed by atoms with Crippen LogP contribution < -0.4 is 14.8 Å². The molecule has 2 rings (SSSR count). The van der Waals surface area contributed by atoms with Gasteiger partial charge in [0.25, 0.3) is 0 Å². The summed E-state index contributed by atoms with van der Waals surface area (Å²) in [7, 11) is 3.26. The molecule has 0 saturated carbocycles. The largest absolute Gasteiger partial charge is 0.497 e. The molecule has 0 amide bonds. The van der Waals surface area contributed by atoms with Crippen LogP contribution in [0.3, 0.4) is 0 Å². The summed E-state index contributed by atoms with van der Waals surface area (Å²) >= 11 is 6.10. The molecule has 0 unspecified atom stereocenters. The van der Waals surface area contributed by atoms with Gasteiger partial charge in [0, 0.05) is 18.1 Å². The number of rotatable bonds is 6. The zero-order valence-corrected chi connectivity index (χ0v) is 14.4. The maximum Gasteiger partial charge on any atom is 0.119 e. The van der Waals surface area contributed by atoms with E-state index in [0.29, 0.717) is 5.03 Å². The quantitative estimate of drug-likeness (QED) is 0.742. The molecular weight excluding hydrogens is 335 g/mol. The fraction of sp³-hybridized carbons (Fsp3) is 0.118. The van der Waals surface area contributed by atoms with Crippen LogP contribution in [0.2, 0.25) is 0 Å². The molecule has 2 aromatic rings. The van der Waals surface area contributed by atoms with Crippen molar-refractivity contribution in [2.45, 2.75) is 0 Å². The van der Waals surface area contributed by atoms with E-state index in [4.69, 9.17) is 21.1 Å². The Morgan fingerprint density at radius 3 is 2.00 bits per heavy atom. The fourth-order valence-corrected chi connectivity index (χ4v) is 1.78. The topological polar surface area (TPSA) is 42.8 Å². The van der Waals surface area contributed by atoms with Gasteiger partial charge < -0.3 is 14.8 Å². The first kappa shape index (κ1) is 18.9. The Morgan fingerprint density at radius 1 is 0.957 bits per heavy atom. The van der Waals surface area contributed by atoms with Crippen LogP contribution in [0, 0.1) is 0 Å². The molecule has 0 aliphatic rings. The van der Waals surface area contributed by atoms with Crippen molar-refractivity contribution in [1.29, 1.82) is 0 Å². The van der Waals surface area contributed by atoms with E-state index in [-0.39, 0.29) is 12.4 Å². The molecular formula is C17H18Cl2N2O2. The van der Waals surface area contributed by atoms with Crippen LogP contribution in [0.15, 0.2) is 64.8 Å². The number of methoxy groups -OCH3 is 2. The van der Waals surface area contributed by atoms with Crippen LogP contribution in [0.4, 0.5) is 11.4 Å². The SMILES string of the molecule is COc1ccc(N=C/C(Cl)=C/Nc2ccc(OC)cc2)cc1.Cl. The van der Waals surface area contributed by atoms with Crippen LogP contribution >= 0.6 is 24.0 Å². The summed E-state index contributed by atoms with van der Waals surface area (Å²) in [4.78, 5) is 4.28. The lowest BCUT2D eigenvalue weighted by atomic mass is 10.3. The Kier molecular flexibility index (Phi) is 8.02. The Balaban J connectivity index is 0.00000264. The molecule has 23 heavy (non-hydrogen) atoms. The zero-order chi connectivity index (χ0) is 15.8. The summed E-state index contributed by atoms with van der Waals surface area (Å²) < 4.78 is 10.2. The van der Waals surface area contributed by atoms with Crippen LogP contribution in [0.25, 0.3) is 0 Å². The molecule has 0 fully saturated rings. The van der Waals surface area contributed by atoms with Crippen LogP contribution in [0.1, 0.15) is 0 Å². The van der Waals surface area contributed by atoms with E-state index in [1.165, 1.54) is 0 Å². The van der Waals surface area contributed by atoms with Gasteiger partial charge in [-0.3, -0.25) is 4.99 Å². The lowest BCUT2D eigenvalue weighted by molar-refractivity contribution is 0.415. The van der Waals surface area contributed by atoms with Crippen molar-refractivity contribution < 1.29 is 9.47 Å². The number of ether oxygens (including phenoxy) is 2. The zero-order valence-electron chi connectivity index (χ0n) is 12.8. The molecule has 0 aliphatic carbocycles. The van der Waals surface area contributed by atoms with E-state index in [1.807, 2.05) is 48.5 Å². The van der Waals surface area contributed by atoms with Gasteiger partial charge in [-0.25, -0.2) is 0 Å². The summed E-state index contributed by atoms with van der Waals surface area (Å²) in [5.41, 5.74) is 1.72. The number of hydrogen-bond donors (Lipinski definition) is 1. The van der Waals surface area contributed by atoms with E-state index in [2.05, 4.69) is 10.3 Å². The van der Waals surface area contributed by atoms with E-state index >= 15 is 0 Å². The third-order valence-corrected chi connectivity index (χ3v) is 3.08. The molecule has 6 heteroatoms. The second-order valence-corrected chi connectivity index (χ2v) is 4.79. The van der Waals surface area contributed by atoms with Gasteiger partial charge in [-0.2, -0.15) is 0 Å². The summed E-state index contributed by atoms with van der Waals surface area (Å²) in [5.74, 6) is 1.60. The van der Waals surface area contributed by atoms with E-state index in [0.717, 1.165) is 22.9 Å². The predicted molar refractivity (Wildman–Crippen MR) is 98.9 cm³/mol. The Labute approximate surface area is 147 Å². The molecule has 122 valence electrons. The monoisotopic (exact) mass is 352 g/mol. The van der Waals surface area contributed by atoms with Crippen molar-refractivity contribution in [3.63, 3.8) is 0 Å². The first-order valence-electron chi connectivity index (χ1n) is 6.65. The number of nitrogens with zero attached hydrogens (tertiary/aromatic N) is 1. The highest BCUT2D eigenvalue weighted by Crippen LogP contribution is 2.18. The van der Waals surface area contributed by atoms with Crippen molar-refractivity contribution in [3.8, 4) is 11.5 Å². The minimum atomic E-state index is 0. The maximum absolute atomic E-state index is 6.10. The molecule has 0 saturated heterocycles. The summed E-state index contributed by atoms with van der Waals surface area (Å²) in [6, 6.07) is 15.0. The third-order valence-electron chi connectivity index (χ3n) is 2.88. The standard InChI is InChI=1S/C17H17ClN2O2.ClH/c1-21-16-7-3-14(4-8-16)19-11-13(18)12-20-15-5-9-17(22-2)10-6-15;/h3-12,19H,1-2H3;1H/b13-11-,20-12?;. The number of benzene rings is 2. The first-order valence-corrected chi connectivity index (χ1v) is 7.03. The fourth-order valence-electron chi connectivity index (χ4n) is 1.68. The molecule has 1 N–H and O–H groups in total. The van der Waals surface area contributed by atoms with Crippen molar-refractivity contribution >= 4 is 41.6 Å². The molecule has 0 radical (unpaired) electrons. The Hall–Kier alpha value is -2.17. The van der Waals surface area contributed by atoms with Gasteiger partial charge in [0.1, 0.15) is 11.5 Å². The Morgan fingerprint density at radius 2 is 1.48 bits per heavy atom. The molecule has 0 bridgehead atoms. The van der Waals surface area contributed by atoms with E-state index in [9.17, 15) is 0 Å². The normalized spacial score (nSPS) is 11.0.